The van der Waals surface area contributed by atoms with Crippen LogP contribution in [0.1, 0.15) is 20.8 Å². The van der Waals surface area contributed by atoms with Crippen LogP contribution in [0.25, 0.3) is 11.2 Å². The highest BCUT2D eigenvalue weighted by Crippen LogP contribution is 2.25. The van der Waals surface area contributed by atoms with E-state index in [-0.39, 0.29) is 62.9 Å². The molecule has 2 aromatic heterocycles. The number of fused-ring (bicyclic) bond motifs is 1. The van der Waals surface area contributed by atoms with Gasteiger partial charge in [0.25, 0.3) is 0 Å². The van der Waals surface area contributed by atoms with Gasteiger partial charge in [-0.2, -0.15) is 4.98 Å². The van der Waals surface area contributed by atoms with Crippen LogP contribution in [0.2, 0.25) is 0 Å². The van der Waals surface area contributed by atoms with Crippen molar-refractivity contribution in [3.63, 3.8) is 0 Å². The van der Waals surface area contributed by atoms with Crippen LogP contribution in [-0.4, -0.2) is 69.7 Å². The van der Waals surface area contributed by atoms with E-state index in [1.807, 2.05) is 0 Å². The Kier molecular flexibility index (Phi) is 9.44. The van der Waals surface area contributed by atoms with Crippen molar-refractivity contribution >= 4 is 46.7 Å². The van der Waals surface area contributed by atoms with Gasteiger partial charge in [0.15, 0.2) is 5.65 Å². The van der Waals surface area contributed by atoms with E-state index < -0.39 is 0 Å². The van der Waals surface area contributed by atoms with Crippen LogP contribution in [0, 0.1) is 0 Å². The predicted molar refractivity (Wildman–Crippen MR) is 106 cm³/mol. The highest BCUT2D eigenvalue weighted by atomic mass is 32.2. The SMILES string of the molecule is CC(=O)Nc1nc(SCOCCOC(C)=O)c2ncn(COCCOC(C)=O)c2n1. The molecule has 2 rings (SSSR count). The van der Waals surface area contributed by atoms with Crippen LogP contribution < -0.4 is 5.32 Å². The van der Waals surface area contributed by atoms with Crippen molar-refractivity contribution in [3.8, 4) is 0 Å². The third-order valence-electron chi connectivity index (χ3n) is 3.30. The van der Waals surface area contributed by atoms with E-state index >= 15 is 0 Å². The Hall–Kier alpha value is -2.77. The number of aromatic nitrogens is 4. The molecule has 0 unspecified atom stereocenters. The first-order valence-corrected chi connectivity index (χ1v) is 9.91. The maximum absolute atomic E-state index is 11.4. The number of ether oxygens (including phenoxy) is 4. The predicted octanol–water partition coefficient (Wildman–Crippen LogP) is 0.951. The fourth-order valence-corrected chi connectivity index (χ4v) is 2.88. The summed E-state index contributed by atoms with van der Waals surface area (Å²) in [6, 6.07) is 0. The molecular weight excluding hydrogens is 418 g/mol. The summed E-state index contributed by atoms with van der Waals surface area (Å²) in [6.07, 6.45) is 1.54. The number of nitrogens with one attached hydrogen (secondary N) is 1. The minimum absolute atomic E-state index is 0.122. The van der Waals surface area contributed by atoms with Crippen LogP contribution in [0.3, 0.4) is 0 Å². The van der Waals surface area contributed by atoms with Crippen molar-refractivity contribution < 1.29 is 33.3 Å². The molecule has 0 atom stereocenters. The molecule has 0 aliphatic rings. The zero-order valence-corrected chi connectivity index (χ0v) is 17.7. The summed E-state index contributed by atoms with van der Waals surface area (Å²) >= 11 is 1.26. The van der Waals surface area contributed by atoms with E-state index in [1.165, 1.54) is 38.9 Å². The monoisotopic (exact) mass is 441 g/mol. The molecule has 0 aromatic carbocycles. The molecule has 0 radical (unpaired) electrons. The Balaban J connectivity index is 2.04. The van der Waals surface area contributed by atoms with Crippen LogP contribution in [0.4, 0.5) is 5.95 Å². The lowest BCUT2D eigenvalue weighted by Crippen LogP contribution is -2.12. The van der Waals surface area contributed by atoms with E-state index in [0.29, 0.717) is 16.2 Å². The second-order valence-electron chi connectivity index (χ2n) is 5.81. The van der Waals surface area contributed by atoms with Gasteiger partial charge in [-0.05, 0) is 0 Å². The molecule has 0 spiro atoms. The van der Waals surface area contributed by atoms with E-state index in [4.69, 9.17) is 18.9 Å². The number of imidazole rings is 1. The molecule has 0 saturated carbocycles. The van der Waals surface area contributed by atoms with Crippen LogP contribution >= 0.6 is 11.8 Å². The van der Waals surface area contributed by atoms with Crippen LogP contribution in [0.15, 0.2) is 11.4 Å². The van der Waals surface area contributed by atoms with Crippen molar-refractivity contribution in [2.24, 2.45) is 0 Å². The number of anilines is 1. The first-order chi connectivity index (χ1) is 14.4. The summed E-state index contributed by atoms with van der Waals surface area (Å²) in [7, 11) is 0. The number of hydrogen-bond donors (Lipinski definition) is 1. The average Bonchev–Trinajstić information content (AvgIpc) is 3.06. The number of esters is 2. The fourth-order valence-electron chi connectivity index (χ4n) is 2.13. The maximum atomic E-state index is 11.4. The lowest BCUT2D eigenvalue weighted by Gasteiger charge is -2.09. The molecule has 0 fully saturated rings. The first kappa shape index (κ1) is 23.5. The highest BCUT2D eigenvalue weighted by molar-refractivity contribution is 7.99. The number of nitrogens with zero attached hydrogens (tertiary/aromatic N) is 4. The van der Waals surface area contributed by atoms with Crippen molar-refractivity contribution in [1.29, 1.82) is 0 Å². The first-order valence-electron chi connectivity index (χ1n) is 8.92. The summed E-state index contributed by atoms with van der Waals surface area (Å²) in [5.74, 6) is -0.704. The quantitative estimate of drug-likeness (QED) is 0.165. The van der Waals surface area contributed by atoms with Gasteiger partial charge in [0.2, 0.25) is 11.9 Å². The lowest BCUT2D eigenvalue weighted by molar-refractivity contribution is -0.143. The molecule has 1 amide bonds. The molecule has 30 heavy (non-hydrogen) atoms. The summed E-state index contributed by atoms with van der Waals surface area (Å²) in [5.41, 5.74) is 0.977. The van der Waals surface area contributed by atoms with Crippen molar-refractivity contribution in [2.45, 2.75) is 32.5 Å². The zero-order chi connectivity index (χ0) is 21.9. The van der Waals surface area contributed by atoms with Gasteiger partial charge in [0.05, 0.1) is 25.5 Å². The second kappa shape index (κ2) is 12.0. The Bertz CT molecular complexity index is 889. The number of hydrogen-bond acceptors (Lipinski definition) is 11. The van der Waals surface area contributed by atoms with Crippen molar-refractivity contribution in [1.82, 2.24) is 19.5 Å². The minimum atomic E-state index is -0.379. The van der Waals surface area contributed by atoms with Crippen molar-refractivity contribution in [3.05, 3.63) is 6.33 Å². The standard InChI is InChI=1S/C17H23N5O7S/c1-11(23)19-17-20-15-14(16(21-17)30-10-27-5-7-29-13(3)25)18-8-22(15)9-26-4-6-28-12(2)24/h8H,4-7,9-10H2,1-3H3,(H,19,20,21,23). The molecule has 2 aromatic rings. The van der Waals surface area contributed by atoms with Gasteiger partial charge < -0.3 is 18.9 Å². The topological polar surface area (TPSA) is 144 Å². The number of carbonyl (C=O) groups excluding carboxylic acids is 3. The van der Waals surface area contributed by atoms with E-state index in [9.17, 15) is 14.4 Å². The molecule has 1 N–H and O–H groups in total. The molecule has 12 nitrogen and oxygen atoms in total. The zero-order valence-electron chi connectivity index (χ0n) is 16.9. The summed E-state index contributed by atoms with van der Waals surface area (Å²) in [6.45, 7) is 4.87. The molecular formula is C17H23N5O7S. The number of rotatable bonds is 12. The third kappa shape index (κ3) is 7.93. The third-order valence-corrected chi connectivity index (χ3v) is 4.14. The smallest absolute Gasteiger partial charge is 0.302 e. The van der Waals surface area contributed by atoms with Gasteiger partial charge in [-0.25, -0.2) is 9.97 Å². The Labute approximate surface area is 176 Å². The van der Waals surface area contributed by atoms with Crippen LogP contribution in [-0.2, 0) is 40.1 Å². The number of thioether (sulfide) groups is 1. The lowest BCUT2D eigenvalue weighted by atomic mass is 10.5. The molecule has 0 bridgehead atoms. The molecule has 0 saturated heterocycles. The molecule has 2 heterocycles. The largest absolute Gasteiger partial charge is 0.463 e. The summed E-state index contributed by atoms with van der Waals surface area (Å²) < 4.78 is 22.1. The van der Waals surface area contributed by atoms with Gasteiger partial charge >= 0.3 is 11.9 Å². The van der Waals surface area contributed by atoms with Crippen LogP contribution in [0.5, 0.6) is 0 Å². The molecule has 0 aliphatic carbocycles. The highest BCUT2D eigenvalue weighted by Gasteiger charge is 2.15. The average molecular weight is 441 g/mol. The summed E-state index contributed by atoms with van der Waals surface area (Å²) in [4.78, 5) is 45.9. The van der Waals surface area contributed by atoms with E-state index in [1.54, 1.807) is 4.57 Å². The number of carbonyl (C=O) groups is 3. The van der Waals surface area contributed by atoms with Gasteiger partial charge in [0, 0.05) is 20.8 Å². The fraction of sp³-hybridized carbons (Fsp3) is 0.529. The van der Waals surface area contributed by atoms with Gasteiger partial charge in [0.1, 0.15) is 30.5 Å². The molecule has 164 valence electrons. The molecule has 0 aliphatic heterocycles. The number of amides is 1. The Morgan fingerprint density at radius 1 is 1.00 bits per heavy atom. The Morgan fingerprint density at radius 3 is 2.30 bits per heavy atom. The van der Waals surface area contributed by atoms with Gasteiger partial charge in [-0.1, -0.05) is 11.8 Å². The van der Waals surface area contributed by atoms with E-state index in [2.05, 4.69) is 20.3 Å². The summed E-state index contributed by atoms with van der Waals surface area (Å²) in [5, 5.41) is 3.06. The van der Waals surface area contributed by atoms with E-state index in [0.717, 1.165) is 0 Å². The normalized spacial score (nSPS) is 10.8. The van der Waals surface area contributed by atoms with Crippen molar-refractivity contribution in [2.75, 3.05) is 37.7 Å². The second-order valence-corrected chi connectivity index (χ2v) is 6.72. The maximum Gasteiger partial charge on any atom is 0.302 e. The Morgan fingerprint density at radius 2 is 1.67 bits per heavy atom. The minimum Gasteiger partial charge on any atom is -0.463 e. The van der Waals surface area contributed by atoms with Gasteiger partial charge in [-0.15, -0.1) is 0 Å². The molecule has 13 heteroatoms. The van der Waals surface area contributed by atoms with Gasteiger partial charge in [-0.3, -0.25) is 24.3 Å².